The molecule has 5 rings (SSSR count). The third-order valence-electron chi connectivity index (χ3n) is 6.28. The molecular formula is C29H31N5O2. The summed E-state index contributed by atoms with van der Waals surface area (Å²) in [6.45, 7) is 6.94. The molecular weight excluding hydrogens is 450 g/mol. The van der Waals surface area contributed by atoms with Crippen LogP contribution in [0.1, 0.15) is 32.3 Å². The van der Waals surface area contributed by atoms with E-state index in [-0.39, 0.29) is 18.1 Å². The van der Waals surface area contributed by atoms with Gasteiger partial charge in [-0.25, -0.2) is 9.97 Å². The van der Waals surface area contributed by atoms with Crippen molar-refractivity contribution in [3.63, 3.8) is 0 Å². The van der Waals surface area contributed by atoms with E-state index in [1.54, 1.807) is 0 Å². The molecule has 7 nitrogen and oxygen atoms in total. The molecule has 3 aromatic carbocycles. The van der Waals surface area contributed by atoms with E-state index in [1.807, 2.05) is 75.5 Å². The minimum atomic E-state index is -0.132. The van der Waals surface area contributed by atoms with Gasteiger partial charge in [-0.05, 0) is 63.9 Å². The number of nitrogens with zero attached hydrogens (tertiary/aromatic N) is 2. The highest BCUT2D eigenvalue weighted by molar-refractivity contribution is 5.96. The van der Waals surface area contributed by atoms with Gasteiger partial charge in [0, 0.05) is 34.1 Å². The second kappa shape index (κ2) is 10.3. The Morgan fingerprint density at radius 2 is 1.92 bits per heavy atom. The van der Waals surface area contributed by atoms with Gasteiger partial charge in [0.15, 0.2) is 0 Å². The predicted molar refractivity (Wildman–Crippen MR) is 145 cm³/mol. The van der Waals surface area contributed by atoms with Crippen molar-refractivity contribution in [2.24, 2.45) is 0 Å². The Kier molecular flexibility index (Phi) is 6.82. The largest absolute Gasteiger partial charge is 0.490 e. The van der Waals surface area contributed by atoms with Gasteiger partial charge in [0.2, 0.25) is 11.9 Å². The molecule has 0 unspecified atom stereocenters. The highest BCUT2D eigenvalue weighted by Gasteiger charge is 2.22. The van der Waals surface area contributed by atoms with Gasteiger partial charge < -0.3 is 20.7 Å². The first-order chi connectivity index (χ1) is 17.5. The first kappa shape index (κ1) is 23.8. The average molecular weight is 482 g/mol. The van der Waals surface area contributed by atoms with Crippen molar-refractivity contribution in [3.8, 4) is 16.9 Å². The van der Waals surface area contributed by atoms with Crippen LogP contribution >= 0.6 is 0 Å². The van der Waals surface area contributed by atoms with Crippen LogP contribution in [0.4, 0.5) is 17.3 Å². The van der Waals surface area contributed by atoms with Crippen molar-refractivity contribution in [1.29, 1.82) is 0 Å². The Hall–Kier alpha value is -3.97. The normalized spacial score (nSPS) is 15.3. The highest BCUT2D eigenvalue weighted by Crippen LogP contribution is 2.35. The van der Waals surface area contributed by atoms with Crippen molar-refractivity contribution in [1.82, 2.24) is 15.3 Å². The topological polar surface area (TPSA) is 88.2 Å². The Morgan fingerprint density at radius 3 is 2.72 bits per heavy atom. The summed E-state index contributed by atoms with van der Waals surface area (Å²) >= 11 is 0. The van der Waals surface area contributed by atoms with Crippen LogP contribution in [-0.4, -0.2) is 34.6 Å². The lowest BCUT2D eigenvalue weighted by molar-refractivity contribution is -0.117. The molecule has 0 bridgehead atoms. The fraction of sp³-hybridized carbons (Fsp3) is 0.276. The number of anilines is 3. The number of aromatic nitrogens is 2. The number of hydrogen-bond acceptors (Lipinski definition) is 6. The molecule has 3 N–H and O–H groups in total. The fourth-order valence-electron chi connectivity index (χ4n) is 4.47. The number of aryl methyl sites for hydroxylation is 1. The summed E-state index contributed by atoms with van der Waals surface area (Å²) in [6.07, 6.45) is 3.77. The fourth-order valence-corrected chi connectivity index (χ4v) is 4.47. The number of benzene rings is 3. The maximum Gasteiger partial charge on any atom is 0.241 e. The minimum Gasteiger partial charge on any atom is -0.490 e. The Balaban J connectivity index is 1.46. The average Bonchev–Trinajstić information content (AvgIpc) is 3.41. The van der Waals surface area contributed by atoms with E-state index in [0.717, 1.165) is 64.1 Å². The van der Waals surface area contributed by atoms with Crippen LogP contribution in [0, 0.1) is 6.92 Å². The molecule has 0 radical (unpaired) electrons. The monoisotopic (exact) mass is 481 g/mol. The number of para-hydroxylation sites is 2. The number of amides is 1. The van der Waals surface area contributed by atoms with E-state index in [9.17, 15) is 4.79 Å². The summed E-state index contributed by atoms with van der Waals surface area (Å²) in [4.78, 5) is 22.0. The van der Waals surface area contributed by atoms with Gasteiger partial charge in [-0.3, -0.25) is 4.79 Å². The minimum absolute atomic E-state index is 0.00354. The number of ether oxygens (including phenoxy) is 1. The molecule has 184 valence electrons. The van der Waals surface area contributed by atoms with E-state index in [0.29, 0.717) is 5.95 Å². The Labute approximate surface area is 211 Å². The summed E-state index contributed by atoms with van der Waals surface area (Å²) in [6, 6.07) is 19.8. The molecule has 0 aliphatic carbocycles. The number of carbonyl (C=O) groups excluding carboxylic acids is 1. The molecule has 1 fully saturated rings. The van der Waals surface area contributed by atoms with Crippen molar-refractivity contribution in [2.45, 2.75) is 45.8 Å². The molecule has 1 aliphatic heterocycles. The van der Waals surface area contributed by atoms with Crippen LogP contribution in [0.5, 0.6) is 5.75 Å². The molecule has 1 aliphatic rings. The zero-order chi connectivity index (χ0) is 25.1. The first-order valence-corrected chi connectivity index (χ1v) is 12.4. The maximum absolute atomic E-state index is 12.6. The van der Waals surface area contributed by atoms with Crippen LogP contribution < -0.4 is 20.7 Å². The molecule has 36 heavy (non-hydrogen) atoms. The molecule has 1 atom stereocenters. The summed E-state index contributed by atoms with van der Waals surface area (Å²) in [5.74, 6) is 1.31. The Morgan fingerprint density at radius 1 is 1.08 bits per heavy atom. The number of rotatable bonds is 7. The van der Waals surface area contributed by atoms with Crippen molar-refractivity contribution >= 4 is 34.1 Å². The Bertz CT molecular complexity index is 1400. The summed E-state index contributed by atoms with van der Waals surface area (Å²) < 4.78 is 6.07. The first-order valence-electron chi connectivity index (χ1n) is 12.4. The van der Waals surface area contributed by atoms with Crippen LogP contribution in [0.3, 0.4) is 0 Å². The number of fused-ring (bicyclic) bond motifs is 1. The van der Waals surface area contributed by atoms with Crippen molar-refractivity contribution in [2.75, 3.05) is 17.2 Å². The van der Waals surface area contributed by atoms with Gasteiger partial charge in [-0.15, -0.1) is 0 Å². The van der Waals surface area contributed by atoms with E-state index >= 15 is 0 Å². The van der Waals surface area contributed by atoms with Gasteiger partial charge in [0.25, 0.3) is 0 Å². The predicted octanol–water partition coefficient (Wildman–Crippen LogP) is 5.83. The maximum atomic E-state index is 12.6. The number of hydrogen-bond donors (Lipinski definition) is 3. The molecule has 1 amide bonds. The summed E-state index contributed by atoms with van der Waals surface area (Å²) in [5.41, 5.74) is 5.42. The van der Waals surface area contributed by atoms with E-state index < -0.39 is 0 Å². The number of carbonyl (C=O) groups is 1. The molecule has 7 heteroatoms. The van der Waals surface area contributed by atoms with Gasteiger partial charge >= 0.3 is 0 Å². The standard InChI is InChI=1S/C29H31N5O2/c1-18(2)36-26-12-5-4-9-22(26)23-10-6-8-20-17-31-29(34-27(20)23)33-25-16-21(14-13-19(25)3)32-28(35)24-11-7-15-30-24/h4-6,8-10,12-14,16-18,24,30H,7,11,15H2,1-3H3,(H,32,35)(H,31,33,34)/t24-/m1/s1. The molecule has 4 aromatic rings. The van der Waals surface area contributed by atoms with Crippen LogP contribution in [0.2, 0.25) is 0 Å². The van der Waals surface area contributed by atoms with E-state index in [1.165, 1.54) is 0 Å². The second-order valence-electron chi connectivity index (χ2n) is 9.39. The summed E-state index contributed by atoms with van der Waals surface area (Å²) in [7, 11) is 0. The zero-order valence-electron chi connectivity index (χ0n) is 20.8. The molecule has 1 aromatic heterocycles. The van der Waals surface area contributed by atoms with Gasteiger partial charge in [0.1, 0.15) is 5.75 Å². The van der Waals surface area contributed by atoms with E-state index in [2.05, 4.69) is 33.1 Å². The van der Waals surface area contributed by atoms with Crippen molar-refractivity contribution < 1.29 is 9.53 Å². The lowest BCUT2D eigenvalue weighted by atomic mass is 10.0. The molecule has 0 saturated carbocycles. The highest BCUT2D eigenvalue weighted by atomic mass is 16.5. The smallest absolute Gasteiger partial charge is 0.241 e. The number of nitrogens with one attached hydrogen (secondary N) is 3. The lowest BCUT2D eigenvalue weighted by Crippen LogP contribution is -2.35. The third kappa shape index (κ3) is 5.16. The van der Waals surface area contributed by atoms with Gasteiger partial charge in [0.05, 0.1) is 17.7 Å². The van der Waals surface area contributed by atoms with Gasteiger partial charge in [-0.1, -0.05) is 42.5 Å². The van der Waals surface area contributed by atoms with Crippen LogP contribution in [0.15, 0.2) is 66.9 Å². The molecule has 1 saturated heterocycles. The second-order valence-corrected chi connectivity index (χ2v) is 9.39. The van der Waals surface area contributed by atoms with Crippen LogP contribution in [0.25, 0.3) is 22.0 Å². The third-order valence-corrected chi connectivity index (χ3v) is 6.28. The SMILES string of the molecule is Cc1ccc(NC(=O)[C@H]2CCCN2)cc1Nc1ncc2cccc(-c3ccccc3OC(C)C)c2n1. The van der Waals surface area contributed by atoms with E-state index in [4.69, 9.17) is 9.72 Å². The molecule has 0 spiro atoms. The van der Waals surface area contributed by atoms with Crippen LogP contribution in [-0.2, 0) is 4.79 Å². The zero-order valence-corrected chi connectivity index (χ0v) is 20.8. The van der Waals surface area contributed by atoms with Crippen molar-refractivity contribution in [3.05, 3.63) is 72.4 Å². The summed E-state index contributed by atoms with van der Waals surface area (Å²) in [5, 5.41) is 10.6. The van der Waals surface area contributed by atoms with Gasteiger partial charge in [-0.2, -0.15) is 0 Å². The quantitative estimate of drug-likeness (QED) is 0.308. The lowest BCUT2D eigenvalue weighted by Gasteiger charge is -2.16. The molecule has 2 heterocycles.